The van der Waals surface area contributed by atoms with Crippen LogP contribution in [-0.2, 0) is 28.7 Å². The number of phenolic OH excluding ortho intramolecular Hbond substituents is 1. The molecule has 4 amide bonds. The molecule has 4 aliphatic heterocycles. The van der Waals surface area contributed by atoms with Crippen LogP contribution >= 0.6 is 0 Å². The first-order valence-electron chi connectivity index (χ1n) is 19.4. The van der Waals surface area contributed by atoms with E-state index in [1.54, 1.807) is 6.07 Å². The molecule has 11 nitrogen and oxygen atoms in total. The molecule has 1 N–H and O–H groups in total. The zero-order valence-electron chi connectivity index (χ0n) is 30.4. The Labute approximate surface area is 318 Å². The van der Waals surface area contributed by atoms with E-state index in [0.29, 0.717) is 49.8 Å². The number of nitrogens with zero attached hydrogens (tertiary/aromatic N) is 4. The highest BCUT2D eigenvalue weighted by atomic mass is 16.5. The number of carbonyl (C=O) groups excluding carboxylic acids is 4. The molecule has 11 heteroatoms. The van der Waals surface area contributed by atoms with Gasteiger partial charge in [-0.2, -0.15) is 0 Å². The molecule has 6 unspecified atom stereocenters. The van der Waals surface area contributed by atoms with Gasteiger partial charge in [-0.25, -0.2) is 0 Å². The van der Waals surface area contributed by atoms with Crippen molar-refractivity contribution in [3.63, 3.8) is 0 Å². The molecule has 55 heavy (non-hydrogen) atoms. The number of allylic oxidation sites excluding steroid dienone is 2. The van der Waals surface area contributed by atoms with Crippen molar-refractivity contribution in [2.75, 3.05) is 72.2 Å². The van der Waals surface area contributed by atoms with Crippen LogP contribution in [0, 0.1) is 29.6 Å². The summed E-state index contributed by atoms with van der Waals surface area (Å²) < 4.78 is 11.0. The molecule has 0 radical (unpaired) electrons. The molecule has 10 rings (SSSR count). The third kappa shape index (κ3) is 5.38. The second-order valence-electron chi connectivity index (χ2n) is 15.5. The van der Waals surface area contributed by atoms with Crippen LogP contribution in [0.5, 0.6) is 5.75 Å². The number of hydrogen-bond donors (Lipinski definition) is 1. The Bertz CT molecular complexity index is 2240. The first kappa shape index (κ1) is 34.0. The van der Waals surface area contributed by atoms with Crippen molar-refractivity contribution in [3.8, 4) is 5.75 Å². The quantitative estimate of drug-likeness (QED) is 0.216. The average molecular weight is 739 g/mol. The van der Waals surface area contributed by atoms with Crippen molar-refractivity contribution >= 4 is 57.2 Å². The van der Waals surface area contributed by atoms with E-state index in [2.05, 4.69) is 9.80 Å². The molecule has 0 spiro atoms. The lowest BCUT2D eigenvalue weighted by atomic mass is 9.56. The zero-order valence-corrected chi connectivity index (χ0v) is 30.4. The second-order valence-corrected chi connectivity index (χ2v) is 15.5. The van der Waals surface area contributed by atoms with E-state index in [1.165, 1.54) is 9.80 Å². The minimum atomic E-state index is -0.793. The lowest BCUT2D eigenvalue weighted by molar-refractivity contribution is -0.126. The summed E-state index contributed by atoms with van der Waals surface area (Å²) in [6.45, 7) is 5.65. The van der Waals surface area contributed by atoms with Gasteiger partial charge in [0.25, 0.3) is 0 Å². The summed E-state index contributed by atoms with van der Waals surface area (Å²) in [6, 6.07) is 26.3. The number of carbonyl (C=O) groups is 4. The molecule has 1 saturated carbocycles. The first-order chi connectivity index (χ1) is 26.9. The van der Waals surface area contributed by atoms with Crippen LogP contribution in [0.1, 0.15) is 24.3 Å². The monoisotopic (exact) mass is 738 g/mol. The molecule has 4 aromatic rings. The topological polar surface area (TPSA) is 120 Å². The van der Waals surface area contributed by atoms with Gasteiger partial charge in [-0.05, 0) is 84.1 Å². The number of benzene rings is 4. The molecule has 6 aliphatic rings. The number of fused-ring (bicyclic) bond motifs is 5. The molecule has 4 aromatic carbocycles. The number of hydrogen-bond acceptors (Lipinski definition) is 9. The molecule has 2 aliphatic carbocycles. The lowest BCUT2D eigenvalue weighted by Gasteiger charge is -2.44. The molecular weight excluding hydrogens is 697 g/mol. The van der Waals surface area contributed by atoms with Gasteiger partial charge in [-0.15, -0.1) is 0 Å². The van der Waals surface area contributed by atoms with Gasteiger partial charge in [0.1, 0.15) is 5.75 Å². The number of ether oxygens (including phenoxy) is 2. The Morgan fingerprint density at radius 3 is 1.67 bits per heavy atom. The number of phenols is 1. The Morgan fingerprint density at radius 1 is 0.545 bits per heavy atom. The van der Waals surface area contributed by atoms with Gasteiger partial charge in [0, 0.05) is 49.0 Å². The highest BCUT2D eigenvalue weighted by Gasteiger charge is 2.62. The van der Waals surface area contributed by atoms with Crippen molar-refractivity contribution in [3.05, 3.63) is 102 Å². The Balaban J connectivity index is 1.03. The molecule has 6 atom stereocenters. The molecule has 0 aromatic heterocycles. The van der Waals surface area contributed by atoms with Crippen LogP contribution in [-0.4, -0.2) is 81.3 Å². The van der Waals surface area contributed by atoms with E-state index in [0.717, 1.165) is 53.9 Å². The van der Waals surface area contributed by atoms with E-state index < -0.39 is 35.5 Å². The fourth-order valence-corrected chi connectivity index (χ4v) is 10.3. The maximum absolute atomic E-state index is 14.8. The average Bonchev–Trinajstić information content (AvgIpc) is 3.64. The fourth-order valence-electron chi connectivity index (χ4n) is 10.3. The summed E-state index contributed by atoms with van der Waals surface area (Å²) in [7, 11) is 0. The third-order valence-corrected chi connectivity index (χ3v) is 12.9. The molecule has 0 bridgehead atoms. The van der Waals surface area contributed by atoms with Crippen LogP contribution in [0.15, 0.2) is 96.6 Å². The summed E-state index contributed by atoms with van der Waals surface area (Å²) in [4.78, 5) is 65.3. The summed E-state index contributed by atoms with van der Waals surface area (Å²) >= 11 is 0. The molecule has 4 heterocycles. The minimum Gasteiger partial charge on any atom is -0.508 e. The van der Waals surface area contributed by atoms with E-state index in [1.807, 2.05) is 84.9 Å². The van der Waals surface area contributed by atoms with E-state index in [9.17, 15) is 24.3 Å². The van der Waals surface area contributed by atoms with Crippen molar-refractivity contribution in [2.45, 2.75) is 18.8 Å². The van der Waals surface area contributed by atoms with Gasteiger partial charge >= 0.3 is 0 Å². The van der Waals surface area contributed by atoms with Gasteiger partial charge in [-0.1, -0.05) is 42.0 Å². The maximum atomic E-state index is 14.8. The minimum absolute atomic E-state index is 0.0375. The van der Waals surface area contributed by atoms with E-state index >= 15 is 0 Å². The van der Waals surface area contributed by atoms with Crippen molar-refractivity contribution in [1.29, 1.82) is 0 Å². The predicted molar refractivity (Wildman–Crippen MR) is 207 cm³/mol. The summed E-state index contributed by atoms with van der Waals surface area (Å²) in [5, 5.41) is 13.3. The highest BCUT2D eigenvalue weighted by Crippen LogP contribution is 2.60. The van der Waals surface area contributed by atoms with Gasteiger partial charge < -0.3 is 24.4 Å². The first-order valence-corrected chi connectivity index (χ1v) is 19.4. The predicted octanol–water partition coefficient (Wildman–Crippen LogP) is 5.26. The highest BCUT2D eigenvalue weighted by molar-refractivity contribution is 6.24. The summed E-state index contributed by atoms with van der Waals surface area (Å²) in [6.07, 6.45) is 2.62. The third-order valence-electron chi connectivity index (χ3n) is 12.9. The maximum Gasteiger partial charge on any atom is 0.238 e. The second kappa shape index (κ2) is 13.3. The van der Waals surface area contributed by atoms with Crippen LogP contribution in [0.4, 0.5) is 22.7 Å². The molecule has 5 fully saturated rings. The van der Waals surface area contributed by atoms with Crippen molar-refractivity contribution < 1.29 is 33.8 Å². The number of aromatic hydroxyl groups is 1. The normalized spacial score (nSPS) is 28.0. The number of imide groups is 2. The van der Waals surface area contributed by atoms with Crippen LogP contribution in [0.25, 0.3) is 10.8 Å². The Hall–Kier alpha value is -5.52. The summed E-state index contributed by atoms with van der Waals surface area (Å²) in [5.74, 6) is -5.09. The Kier molecular flexibility index (Phi) is 8.25. The largest absolute Gasteiger partial charge is 0.508 e. The number of amides is 4. The van der Waals surface area contributed by atoms with Gasteiger partial charge in [-0.3, -0.25) is 29.0 Å². The van der Waals surface area contributed by atoms with Crippen LogP contribution in [0.2, 0.25) is 0 Å². The Morgan fingerprint density at radius 2 is 1.07 bits per heavy atom. The molecule has 4 saturated heterocycles. The standard InChI is InChI=1S/C44H42N4O7/c49-36-16-5-26-3-1-2-4-31(26)38(36)39-32-14-15-33-37(43(52)47(41(33)50)29-10-6-27(7-11-29)45-17-21-54-22-18-45)34(32)25-35-40(39)44(53)48(42(35)51)30-12-8-28(9-13-30)46-19-23-55-24-20-46/h1-14,16,33-35,37,39-40,49H,15,17-25H2. The van der Waals surface area contributed by atoms with E-state index in [-0.39, 0.29) is 35.8 Å². The molecule has 280 valence electrons. The van der Waals surface area contributed by atoms with E-state index in [4.69, 9.17) is 9.47 Å². The number of morpholine rings is 2. The fraction of sp³-hybridized carbons (Fsp3) is 0.364. The lowest BCUT2D eigenvalue weighted by Crippen LogP contribution is -2.43. The van der Waals surface area contributed by atoms with Gasteiger partial charge in [0.15, 0.2) is 0 Å². The van der Waals surface area contributed by atoms with Crippen LogP contribution < -0.4 is 19.6 Å². The smallest absolute Gasteiger partial charge is 0.238 e. The number of rotatable bonds is 5. The molecular formula is C44H42N4O7. The van der Waals surface area contributed by atoms with Crippen molar-refractivity contribution in [1.82, 2.24) is 0 Å². The van der Waals surface area contributed by atoms with Gasteiger partial charge in [0.2, 0.25) is 23.6 Å². The zero-order chi connectivity index (χ0) is 37.4. The van der Waals surface area contributed by atoms with Crippen molar-refractivity contribution in [2.24, 2.45) is 29.6 Å². The summed E-state index contributed by atoms with van der Waals surface area (Å²) in [5.41, 5.74) is 4.46. The van der Waals surface area contributed by atoms with Gasteiger partial charge in [0.05, 0.1) is 61.5 Å². The SMILES string of the molecule is O=C1C2CC=C3C(CC4C(=O)N(c5ccc(N6CCOCC6)cc5)C(=O)C4C3c3c(O)ccc4ccccc34)C2C(=O)N1c1ccc(N2CCOCC2)cc1. The number of anilines is 4. The van der Waals surface area contributed by atoms with Crippen LogP contribution in [0.3, 0.4) is 0 Å².